The average molecular weight is 223 g/mol. The van der Waals surface area contributed by atoms with Gasteiger partial charge in [0.15, 0.2) is 0 Å². The normalized spacial score (nSPS) is 12.8. The van der Waals surface area contributed by atoms with Crippen LogP contribution in [0.2, 0.25) is 0 Å². The van der Waals surface area contributed by atoms with Crippen LogP contribution in [0.4, 0.5) is 0 Å². The van der Waals surface area contributed by atoms with Gasteiger partial charge in [-0.2, -0.15) is 23.5 Å². The van der Waals surface area contributed by atoms with E-state index in [-0.39, 0.29) is 6.04 Å². The average Bonchev–Trinajstić information content (AvgIpc) is 2.10. The first-order valence-corrected chi connectivity index (χ1v) is 6.95. The molecule has 0 saturated heterocycles. The van der Waals surface area contributed by atoms with E-state index in [1.807, 2.05) is 12.5 Å². The number of rotatable bonds is 8. The monoisotopic (exact) mass is 223 g/mol. The molecular weight excluding hydrogens is 206 g/mol. The SMILES string of the molecule is CSCCNC(CCSC)C(=O)O. The van der Waals surface area contributed by atoms with E-state index in [9.17, 15) is 4.79 Å². The van der Waals surface area contributed by atoms with Gasteiger partial charge in [0.1, 0.15) is 6.04 Å². The highest BCUT2D eigenvalue weighted by Gasteiger charge is 2.14. The lowest BCUT2D eigenvalue weighted by Crippen LogP contribution is -2.38. The first-order chi connectivity index (χ1) is 6.22. The third kappa shape index (κ3) is 7.22. The highest BCUT2D eigenvalue weighted by atomic mass is 32.2. The standard InChI is InChI=1S/C8H17NO2S2/c1-12-5-3-7(8(10)11)9-4-6-13-2/h7,9H,3-6H2,1-2H3,(H,10,11). The number of hydrogen-bond acceptors (Lipinski definition) is 4. The van der Waals surface area contributed by atoms with Crippen molar-refractivity contribution in [3.63, 3.8) is 0 Å². The molecule has 0 aliphatic carbocycles. The van der Waals surface area contributed by atoms with Gasteiger partial charge < -0.3 is 10.4 Å². The molecule has 0 aliphatic heterocycles. The Morgan fingerprint density at radius 1 is 1.38 bits per heavy atom. The smallest absolute Gasteiger partial charge is 0.320 e. The van der Waals surface area contributed by atoms with E-state index in [2.05, 4.69) is 5.32 Å². The Kier molecular flexibility index (Phi) is 8.80. The second-order valence-corrected chi connectivity index (χ2v) is 4.59. The van der Waals surface area contributed by atoms with Crippen LogP contribution >= 0.6 is 23.5 Å². The van der Waals surface area contributed by atoms with E-state index in [0.717, 1.165) is 18.1 Å². The van der Waals surface area contributed by atoms with E-state index >= 15 is 0 Å². The summed E-state index contributed by atoms with van der Waals surface area (Å²) in [7, 11) is 0. The fraction of sp³-hybridized carbons (Fsp3) is 0.875. The summed E-state index contributed by atoms with van der Waals surface area (Å²) in [6.45, 7) is 0.770. The van der Waals surface area contributed by atoms with Crippen LogP contribution < -0.4 is 5.32 Å². The maximum absolute atomic E-state index is 10.7. The topological polar surface area (TPSA) is 49.3 Å². The molecular formula is C8H17NO2S2. The van der Waals surface area contributed by atoms with Crippen LogP contribution in [-0.2, 0) is 4.79 Å². The minimum atomic E-state index is -0.741. The molecule has 1 unspecified atom stereocenters. The van der Waals surface area contributed by atoms with Crippen LogP contribution in [-0.4, -0.2) is 47.7 Å². The summed E-state index contributed by atoms with van der Waals surface area (Å²) in [4.78, 5) is 10.7. The summed E-state index contributed by atoms with van der Waals surface area (Å²) in [5.41, 5.74) is 0. The summed E-state index contributed by atoms with van der Waals surface area (Å²) < 4.78 is 0. The molecule has 0 amide bonds. The summed E-state index contributed by atoms with van der Waals surface area (Å²) in [6, 6.07) is -0.375. The molecule has 0 fully saturated rings. The lowest BCUT2D eigenvalue weighted by atomic mass is 10.2. The van der Waals surface area contributed by atoms with Gasteiger partial charge >= 0.3 is 5.97 Å². The zero-order chi connectivity index (χ0) is 10.1. The maximum Gasteiger partial charge on any atom is 0.320 e. The highest BCUT2D eigenvalue weighted by molar-refractivity contribution is 7.98. The number of thioether (sulfide) groups is 2. The second-order valence-electron chi connectivity index (χ2n) is 2.62. The van der Waals surface area contributed by atoms with E-state index in [4.69, 9.17) is 5.11 Å². The van der Waals surface area contributed by atoms with Crippen LogP contribution in [0, 0.1) is 0 Å². The molecule has 0 aromatic heterocycles. The fourth-order valence-corrected chi connectivity index (χ4v) is 1.68. The first kappa shape index (κ1) is 13.1. The number of carboxylic acid groups (broad SMARTS) is 1. The minimum Gasteiger partial charge on any atom is -0.480 e. The summed E-state index contributed by atoms with van der Waals surface area (Å²) in [5, 5.41) is 11.8. The van der Waals surface area contributed by atoms with E-state index in [1.54, 1.807) is 23.5 Å². The lowest BCUT2D eigenvalue weighted by molar-refractivity contribution is -0.139. The summed E-state index contributed by atoms with van der Waals surface area (Å²) in [6.07, 6.45) is 4.70. The molecule has 1 atom stereocenters. The van der Waals surface area contributed by atoms with Gasteiger partial charge in [0.25, 0.3) is 0 Å². The van der Waals surface area contributed by atoms with Gasteiger partial charge in [0.2, 0.25) is 0 Å². The van der Waals surface area contributed by atoms with Crippen molar-refractivity contribution in [2.75, 3.05) is 30.6 Å². The molecule has 13 heavy (non-hydrogen) atoms. The van der Waals surface area contributed by atoms with Gasteiger partial charge in [-0.25, -0.2) is 0 Å². The van der Waals surface area contributed by atoms with Gasteiger partial charge in [0.05, 0.1) is 0 Å². The van der Waals surface area contributed by atoms with Crippen molar-refractivity contribution in [2.45, 2.75) is 12.5 Å². The molecule has 0 aromatic carbocycles. The zero-order valence-electron chi connectivity index (χ0n) is 8.08. The molecule has 2 N–H and O–H groups in total. The molecule has 0 radical (unpaired) electrons. The molecule has 0 aromatic rings. The van der Waals surface area contributed by atoms with Crippen LogP contribution in [0.5, 0.6) is 0 Å². The summed E-state index contributed by atoms with van der Waals surface area (Å²) >= 11 is 3.40. The van der Waals surface area contributed by atoms with Crippen LogP contribution in [0.25, 0.3) is 0 Å². The largest absolute Gasteiger partial charge is 0.480 e. The van der Waals surface area contributed by atoms with E-state index < -0.39 is 5.97 Å². The minimum absolute atomic E-state index is 0.375. The van der Waals surface area contributed by atoms with E-state index in [0.29, 0.717) is 6.42 Å². The number of aliphatic carboxylic acids is 1. The van der Waals surface area contributed by atoms with Crippen LogP contribution in [0.1, 0.15) is 6.42 Å². The quantitative estimate of drug-likeness (QED) is 0.604. The number of hydrogen-bond donors (Lipinski definition) is 2. The third-order valence-electron chi connectivity index (χ3n) is 1.61. The van der Waals surface area contributed by atoms with Crippen LogP contribution in [0.3, 0.4) is 0 Å². The third-order valence-corrected chi connectivity index (χ3v) is 2.86. The Morgan fingerprint density at radius 3 is 2.46 bits per heavy atom. The number of carboxylic acids is 1. The van der Waals surface area contributed by atoms with Crippen molar-refractivity contribution in [1.82, 2.24) is 5.32 Å². The van der Waals surface area contributed by atoms with Gasteiger partial charge in [-0.1, -0.05) is 0 Å². The molecule has 0 aliphatic rings. The molecule has 3 nitrogen and oxygen atoms in total. The Labute approximate surface area is 88.0 Å². The van der Waals surface area contributed by atoms with Gasteiger partial charge in [0, 0.05) is 12.3 Å². The zero-order valence-corrected chi connectivity index (χ0v) is 9.71. The van der Waals surface area contributed by atoms with Crippen LogP contribution in [0.15, 0.2) is 0 Å². The van der Waals surface area contributed by atoms with Crippen molar-refractivity contribution in [2.24, 2.45) is 0 Å². The molecule has 78 valence electrons. The molecule has 0 rings (SSSR count). The second kappa shape index (κ2) is 8.72. The fourth-order valence-electron chi connectivity index (χ4n) is 0.884. The molecule has 0 bridgehead atoms. The van der Waals surface area contributed by atoms with Crippen molar-refractivity contribution < 1.29 is 9.90 Å². The van der Waals surface area contributed by atoms with E-state index in [1.165, 1.54) is 0 Å². The summed E-state index contributed by atoms with van der Waals surface area (Å²) in [5.74, 6) is 1.11. The Hall–Kier alpha value is 0.130. The predicted molar refractivity (Wildman–Crippen MR) is 60.8 cm³/mol. The van der Waals surface area contributed by atoms with Crippen molar-refractivity contribution in [3.8, 4) is 0 Å². The Bertz CT molecular complexity index is 144. The van der Waals surface area contributed by atoms with Crippen molar-refractivity contribution >= 4 is 29.5 Å². The van der Waals surface area contributed by atoms with Crippen molar-refractivity contribution in [1.29, 1.82) is 0 Å². The molecule has 0 heterocycles. The molecule has 0 saturated carbocycles. The molecule has 0 spiro atoms. The number of nitrogens with one attached hydrogen (secondary N) is 1. The Morgan fingerprint density at radius 2 is 2.00 bits per heavy atom. The molecule has 5 heteroatoms. The Balaban J connectivity index is 3.61. The highest BCUT2D eigenvalue weighted by Crippen LogP contribution is 2.01. The maximum atomic E-state index is 10.7. The first-order valence-electron chi connectivity index (χ1n) is 4.16. The predicted octanol–water partition coefficient (Wildman–Crippen LogP) is 1.15. The van der Waals surface area contributed by atoms with Crippen molar-refractivity contribution in [3.05, 3.63) is 0 Å². The lowest BCUT2D eigenvalue weighted by Gasteiger charge is -2.12. The van der Waals surface area contributed by atoms with Gasteiger partial charge in [-0.3, -0.25) is 4.79 Å². The number of carbonyl (C=O) groups is 1. The van der Waals surface area contributed by atoms with Gasteiger partial charge in [-0.15, -0.1) is 0 Å². The van der Waals surface area contributed by atoms with Gasteiger partial charge in [-0.05, 0) is 24.7 Å².